The number of aromatic nitrogens is 2. The lowest BCUT2D eigenvalue weighted by molar-refractivity contribution is -0.384. The summed E-state index contributed by atoms with van der Waals surface area (Å²) in [4.78, 5) is 22.3. The number of carbonyl (C=O) groups is 1. The van der Waals surface area contributed by atoms with E-state index in [0.29, 0.717) is 11.3 Å². The maximum Gasteiger partial charge on any atom is 0.277 e. The maximum atomic E-state index is 12.0. The molecule has 2 aromatic carbocycles. The van der Waals surface area contributed by atoms with E-state index in [2.05, 4.69) is 31.4 Å². The molecule has 0 saturated heterocycles. The Bertz CT molecular complexity index is 945. The van der Waals surface area contributed by atoms with Gasteiger partial charge in [-0.05, 0) is 30.3 Å². The third kappa shape index (κ3) is 4.67. The monoisotopic (exact) mass is 434 g/mol. The average molecular weight is 435 g/mol. The van der Waals surface area contributed by atoms with Crippen LogP contribution in [0, 0.1) is 10.1 Å². The van der Waals surface area contributed by atoms with E-state index in [4.69, 9.17) is 4.42 Å². The Kier molecular flexibility index (Phi) is 5.64. The fraction of sp³-hybridized carbons (Fsp3) is 0.0625. The van der Waals surface area contributed by atoms with Crippen molar-refractivity contribution >= 4 is 45.0 Å². The second-order valence-electron chi connectivity index (χ2n) is 5.02. The Hall–Kier alpha value is -2.72. The first-order valence-corrected chi connectivity index (χ1v) is 9.06. The third-order valence-electron chi connectivity index (χ3n) is 3.17. The Labute approximate surface area is 160 Å². The van der Waals surface area contributed by atoms with Crippen molar-refractivity contribution in [2.45, 2.75) is 5.22 Å². The zero-order valence-electron chi connectivity index (χ0n) is 13.1. The standard InChI is InChI=1S/C16H11BrN4O4S/c17-11-4-6-12(7-5-11)18-14(22)9-26-16-20-19-15(25-16)10-2-1-3-13(8-10)21(23)24/h1-8H,9H2,(H,18,22). The lowest BCUT2D eigenvalue weighted by atomic mass is 10.2. The van der Waals surface area contributed by atoms with Crippen LogP contribution in [0.25, 0.3) is 11.5 Å². The number of hydrogen-bond acceptors (Lipinski definition) is 7. The molecule has 0 aliphatic heterocycles. The van der Waals surface area contributed by atoms with Gasteiger partial charge in [0.05, 0.1) is 10.7 Å². The smallest absolute Gasteiger partial charge is 0.277 e. The summed E-state index contributed by atoms with van der Waals surface area (Å²) < 4.78 is 6.37. The van der Waals surface area contributed by atoms with Gasteiger partial charge in [-0.1, -0.05) is 33.8 Å². The Morgan fingerprint density at radius 2 is 2.00 bits per heavy atom. The first kappa shape index (κ1) is 18.1. The van der Waals surface area contributed by atoms with Crippen molar-refractivity contribution in [2.24, 2.45) is 0 Å². The minimum Gasteiger partial charge on any atom is -0.411 e. The lowest BCUT2D eigenvalue weighted by Gasteiger charge is -2.03. The van der Waals surface area contributed by atoms with Crippen LogP contribution in [0.2, 0.25) is 0 Å². The molecule has 1 amide bonds. The van der Waals surface area contributed by atoms with Crippen LogP contribution in [-0.4, -0.2) is 26.8 Å². The molecular formula is C16H11BrN4O4S. The number of carbonyl (C=O) groups excluding carboxylic acids is 1. The molecule has 0 radical (unpaired) electrons. The van der Waals surface area contributed by atoms with Gasteiger partial charge >= 0.3 is 0 Å². The molecule has 0 aliphatic carbocycles. The molecule has 132 valence electrons. The molecule has 10 heteroatoms. The van der Waals surface area contributed by atoms with Crippen LogP contribution in [0.5, 0.6) is 0 Å². The molecule has 0 saturated carbocycles. The number of anilines is 1. The number of nitrogens with zero attached hydrogens (tertiary/aromatic N) is 3. The Morgan fingerprint density at radius 1 is 1.23 bits per heavy atom. The first-order chi connectivity index (χ1) is 12.5. The molecule has 0 aliphatic rings. The van der Waals surface area contributed by atoms with Gasteiger partial charge < -0.3 is 9.73 Å². The molecule has 0 fully saturated rings. The van der Waals surface area contributed by atoms with E-state index >= 15 is 0 Å². The predicted octanol–water partition coefficient (Wildman–Crippen LogP) is 4.14. The minimum atomic E-state index is -0.498. The van der Waals surface area contributed by atoms with E-state index in [0.717, 1.165) is 16.2 Å². The summed E-state index contributed by atoms with van der Waals surface area (Å²) in [5.41, 5.74) is 1.06. The molecule has 0 spiro atoms. The molecule has 8 nitrogen and oxygen atoms in total. The van der Waals surface area contributed by atoms with Crippen LogP contribution < -0.4 is 5.32 Å². The van der Waals surface area contributed by atoms with E-state index in [-0.39, 0.29) is 28.5 Å². The SMILES string of the molecule is O=C(CSc1nnc(-c2cccc([N+](=O)[O-])c2)o1)Nc1ccc(Br)cc1. The summed E-state index contributed by atoms with van der Waals surface area (Å²) in [5, 5.41) is 21.5. The molecule has 3 aromatic rings. The largest absolute Gasteiger partial charge is 0.411 e. The van der Waals surface area contributed by atoms with Crippen LogP contribution in [0.15, 0.2) is 62.6 Å². The van der Waals surface area contributed by atoms with Gasteiger partial charge in [0.15, 0.2) is 0 Å². The number of rotatable bonds is 6. The van der Waals surface area contributed by atoms with E-state index in [1.807, 2.05) is 12.1 Å². The molecule has 26 heavy (non-hydrogen) atoms. The van der Waals surface area contributed by atoms with Crippen molar-refractivity contribution < 1.29 is 14.1 Å². The van der Waals surface area contributed by atoms with Gasteiger partial charge in [0.25, 0.3) is 10.9 Å². The number of hydrogen-bond donors (Lipinski definition) is 1. The highest BCUT2D eigenvalue weighted by molar-refractivity contribution is 9.10. The molecule has 0 unspecified atom stereocenters. The van der Waals surface area contributed by atoms with Crippen molar-refractivity contribution in [1.82, 2.24) is 10.2 Å². The van der Waals surface area contributed by atoms with Gasteiger partial charge in [-0.3, -0.25) is 14.9 Å². The highest BCUT2D eigenvalue weighted by Gasteiger charge is 2.14. The highest BCUT2D eigenvalue weighted by atomic mass is 79.9. The summed E-state index contributed by atoms with van der Waals surface area (Å²) in [5.74, 6) is 0.0315. The van der Waals surface area contributed by atoms with Crippen LogP contribution in [0.4, 0.5) is 11.4 Å². The normalized spacial score (nSPS) is 10.5. The van der Waals surface area contributed by atoms with Gasteiger partial charge in [0.2, 0.25) is 11.8 Å². The average Bonchev–Trinajstić information content (AvgIpc) is 3.11. The van der Waals surface area contributed by atoms with Crippen molar-refractivity contribution in [1.29, 1.82) is 0 Å². The zero-order chi connectivity index (χ0) is 18.5. The molecule has 0 bridgehead atoms. The van der Waals surface area contributed by atoms with Gasteiger partial charge in [-0.2, -0.15) is 0 Å². The van der Waals surface area contributed by atoms with Crippen LogP contribution in [0.1, 0.15) is 0 Å². The Balaban J connectivity index is 1.60. The predicted molar refractivity (Wildman–Crippen MR) is 99.9 cm³/mol. The van der Waals surface area contributed by atoms with Gasteiger partial charge in [0, 0.05) is 27.9 Å². The molecule has 3 rings (SSSR count). The fourth-order valence-electron chi connectivity index (χ4n) is 1.99. The van der Waals surface area contributed by atoms with E-state index in [1.165, 1.54) is 18.2 Å². The van der Waals surface area contributed by atoms with Gasteiger partial charge in [-0.15, -0.1) is 10.2 Å². The number of nitro benzene ring substituents is 1. The summed E-state index contributed by atoms with van der Waals surface area (Å²) >= 11 is 4.41. The second kappa shape index (κ2) is 8.11. The van der Waals surface area contributed by atoms with E-state index in [9.17, 15) is 14.9 Å². The van der Waals surface area contributed by atoms with Crippen molar-refractivity contribution in [3.05, 3.63) is 63.1 Å². The number of thioether (sulfide) groups is 1. The van der Waals surface area contributed by atoms with Gasteiger partial charge in [0.1, 0.15) is 0 Å². The summed E-state index contributed by atoms with van der Waals surface area (Å²) in [7, 11) is 0. The first-order valence-electron chi connectivity index (χ1n) is 7.28. The van der Waals surface area contributed by atoms with Crippen molar-refractivity contribution in [2.75, 3.05) is 11.1 Å². The molecule has 0 atom stereocenters. The third-order valence-corrected chi connectivity index (χ3v) is 4.51. The summed E-state index contributed by atoms with van der Waals surface area (Å²) in [6.45, 7) is 0. The summed E-state index contributed by atoms with van der Waals surface area (Å²) in [6, 6.07) is 13.1. The number of amides is 1. The van der Waals surface area contributed by atoms with Crippen molar-refractivity contribution in [3.8, 4) is 11.5 Å². The molecule has 1 N–H and O–H groups in total. The fourth-order valence-corrected chi connectivity index (χ4v) is 2.82. The highest BCUT2D eigenvalue weighted by Crippen LogP contribution is 2.26. The molecular weight excluding hydrogens is 424 g/mol. The molecule has 1 aromatic heterocycles. The van der Waals surface area contributed by atoms with E-state index in [1.54, 1.807) is 18.2 Å². The topological polar surface area (TPSA) is 111 Å². The lowest BCUT2D eigenvalue weighted by Crippen LogP contribution is -2.13. The second-order valence-corrected chi connectivity index (χ2v) is 6.87. The summed E-state index contributed by atoms with van der Waals surface area (Å²) in [6.07, 6.45) is 0. The van der Waals surface area contributed by atoms with E-state index < -0.39 is 4.92 Å². The van der Waals surface area contributed by atoms with Crippen molar-refractivity contribution in [3.63, 3.8) is 0 Å². The number of non-ortho nitro benzene ring substituents is 1. The number of halogens is 1. The quantitative estimate of drug-likeness (QED) is 0.352. The maximum absolute atomic E-state index is 12.0. The number of nitrogens with one attached hydrogen (secondary N) is 1. The van der Waals surface area contributed by atoms with Gasteiger partial charge in [-0.25, -0.2) is 0 Å². The zero-order valence-corrected chi connectivity index (χ0v) is 15.5. The molecule has 1 heterocycles. The number of nitro groups is 1. The van der Waals surface area contributed by atoms with Crippen LogP contribution in [0.3, 0.4) is 0 Å². The van der Waals surface area contributed by atoms with Crippen LogP contribution in [-0.2, 0) is 4.79 Å². The van der Waals surface area contributed by atoms with Crippen LogP contribution >= 0.6 is 27.7 Å². The Morgan fingerprint density at radius 3 is 2.73 bits per heavy atom. The number of benzene rings is 2. The minimum absolute atomic E-state index is 0.0659.